The Morgan fingerprint density at radius 2 is 1.81 bits per heavy atom. The summed E-state index contributed by atoms with van der Waals surface area (Å²) in [5, 5.41) is 10.5. The summed E-state index contributed by atoms with van der Waals surface area (Å²) in [7, 11) is 0. The van der Waals surface area contributed by atoms with Crippen LogP contribution in [-0.2, 0) is 13.0 Å². The van der Waals surface area contributed by atoms with Gasteiger partial charge in [0.05, 0.1) is 6.42 Å². The highest BCUT2D eigenvalue weighted by Gasteiger charge is 2.16. The van der Waals surface area contributed by atoms with E-state index in [2.05, 4.69) is 15.5 Å². The van der Waals surface area contributed by atoms with Gasteiger partial charge in [-0.15, -0.1) is 10.2 Å². The number of rotatable bonds is 5. The number of hydrogen-bond acceptors (Lipinski definition) is 6. The molecule has 1 aromatic heterocycles. The van der Waals surface area contributed by atoms with Crippen LogP contribution in [0.15, 0.2) is 46.9 Å². The molecule has 26 heavy (non-hydrogen) atoms. The molecule has 7 nitrogen and oxygen atoms in total. The minimum absolute atomic E-state index is 0.0483. The Hall–Kier alpha value is -3.35. The van der Waals surface area contributed by atoms with Crippen LogP contribution in [0, 0.1) is 6.92 Å². The molecule has 0 spiro atoms. The number of hydrogen-bond donors (Lipinski definition) is 1. The zero-order valence-electron chi connectivity index (χ0n) is 14.2. The van der Waals surface area contributed by atoms with Gasteiger partial charge in [-0.1, -0.05) is 35.9 Å². The van der Waals surface area contributed by atoms with E-state index in [1.165, 1.54) is 5.56 Å². The number of ether oxygens (including phenoxy) is 2. The second-order valence-electron chi connectivity index (χ2n) is 6.03. The third-order valence-corrected chi connectivity index (χ3v) is 4.03. The Morgan fingerprint density at radius 1 is 1.04 bits per heavy atom. The van der Waals surface area contributed by atoms with Gasteiger partial charge in [0.15, 0.2) is 11.5 Å². The van der Waals surface area contributed by atoms with Gasteiger partial charge in [0.25, 0.3) is 0 Å². The van der Waals surface area contributed by atoms with E-state index in [1.54, 1.807) is 0 Å². The maximum absolute atomic E-state index is 12.2. The lowest BCUT2D eigenvalue weighted by Gasteiger charge is -2.04. The molecule has 0 unspecified atom stereocenters. The highest BCUT2D eigenvalue weighted by Crippen LogP contribution is 2.32. The average Bonchev–Trinajstić information content (AvgIpc) is 3.30. The third-order valence-electron chi connectivity index (χ3n) is 4.03. The fraction of sp³-hybridized carbons (Fsp3) is 0.211. The van der Waals surface area contributed by atoms with E-state index in [1.807, 2.05) is 49.4 Å². The van der Waals surface area contributed by atoms with Crippen molar-refractivity contribution in [1.29, 1.82) is 0 Å². The fourth-order valence-corrected chi connectivity index (χ4v) is 2.61. The molecule has 1 amide bonds. The molecule has 0 fully saturated rings. The lowest BCUT2D eigenvalue weighted by Crippen LogP contribution is -2.23. The van der Waals surface area contributed by atoms with E-state index in [4.69, 9.17) is 13.9 Å². The van der Waals surface area contributed by atoms with Gasteiger partial charge in [-0.2, -0.15) is 0 Å². The van der Waals surface area contributed by atoms with E-state index in [0.717, 1.165) is 11.1 Å². The third kappa shape index (κ3) is 3.51. The Morgan fingerprint density at radius 3 is 2.65 bits per heavy atom. The molecule has 0 atom stereocenters. The SMILES string of the molecule is Cc1ccc(Cc2nnc(C(=O)NCc3ccc4c(c3)OCO4)o2)cc1. The Labute approximate surface area is 150 Å². The number of carbonyl (C=O) groups excluding carboxylic acids is 1. The second-order valence-corrected chi connectivity index (χ2v) is 6.03. The van der Waals surface area contributed by atoms with Crippen molar-refractivity contribution in [3.05, 3.63) is 70.9 Å². The maximum atomic E-state index is 12.2. The molecule has 0 saturated carbocycles. The van der Waals surface area contributed by atoms with Crippen molar-refractivity contribution in [2.75, 3.05) is 6.79 Å². The van der Waals surface area contributed by atoms with Crippen LogP contribution in [0.25, 0.3) is 0 Å². The molecule has 7 heteroatoms. The van der Waals surface area contributed by atoms with Crippen molar-refractivity contribution in [3.8, 4) is 11.5 Å². The topological polar surface area (TPSA) is 86.5 Å². The molecule has 0 saturated heterocycles. The molecule has 132 valence electrons. The molecule has 4 rings (SSSR count). The number of fused-ring (bicyclic) bond motifs is 1. The van der Waals surface area contributed by atoms with Gasteiger partial charge in [0.2, 0.25) is 12.7 Å². The van der Waals surface area contributed by atoms with Gasteiger partial charge in [-0.25, -0.2) is 0 Å². The predicted octanol–water partition coefficient (Wildman–Crippen LogP) is 2.63. The summed E-state index contributed by atoms with van der Waals surface area (Å²) >= 11 is 0. The van der Waals surface area contributed by atoms with Gasteiger partial charge in [-0.05, 0) is 30.2 Å². The smallest absolute Gasteiger partial charge is 0.309 e. The van der Waals surface area contributed by atoms with Crippen molar-refractivity contribution >= 4 is 5.91 Å². The molecule has 1 N–H and O–H groups in total. The van der Waals surface area contributed by atoms with Crippen LogP contribution in [0.5, 0.6) is 11.5 Å². The van der Waals surface area contributed by atoms with Crippen molar-refractivity contribution in [2.45, 2.75) is 19.9 Å². The molecular weight excluding hydrogens is 334 g/mol. The minimum atomic E-state index is -0.412. The second kappa shape index (κ2) is 6.87. The summed E-state index contributed by atoms with van der Waals surface area (Å²) in [6.07, 6.45) is 0.489. The number of benzene rings is 2. The monoisotopic (exact) mass is 351 g/mol. The van der Waals surface area contributed by atoms with E-state index >= 15 is 0 Å². The normalized spacial score (nSPS) is 12.2. The molecular formula is C19H17N3O4. The first-order chi connectivity index (χ1) is 12.7. The molecule has 0 radical (unpaired) electrons. The first kappa shape index (κ1) is 16.1. The predicted molar refractivity (Wildman–Crippen MR) is 92.0 cm³/mol. The zero-order chi connectivity index (χ0) is 17.9. The van der Waals surface area contributed by atoms with Crippen LogP contribution in [-0.4, -0.2) is 22.9 Å². The van der Waals surface area contributed by atoms with E-state index in [0.29, 0.717) is 30.4 Å². The number of aryl methyl sites for hydroxylation is 1. The van der Waals surface area contributed by atoms with E-state index in [9.17, 15) is 4.79 Å². The van der Waals surface area contributed by atoms with Crippen LogP contribution < -0.4 is 14.8 Å². The van der Waals surface area contributed by atoms with Crippen LogP contribution in [0.3, 0.4) is 0 Å². The minimum Gasteiger partial charge on any atom is -0.454 e. The first-order valence-corrected chi connectivity index (χ1v) is 8.22. The average molecular weight is 351 g/mol. The van der Waals surface area contributed by atoms with Crippen LogP contribution in [0.2, 0.25) is 0 Å². The molecule has 2 aromatic carbocycles. The number of aromatic nitrogens is 2. The van der Waals surface area contributed by atoms with Crippen molar-refractivity contribution in [1.82, 2.24) is 15.5 Å². The lowest BCUT2D eigenvalue weighted by molar-refractivity contribution is 0.0914. The molecule has 3 aromatic rings. The van der Waals surface area contributed by atoms with Gasteiger partial charge in [0.1, 0.15) is 0 Å². The molecule has 0 bridgehead atoms. The van der Waals surface area contributed by atoms with Crippen LogP contribution in [0.4, 0.5) is 0 Å². The van der Waals surface area contributed by atoms with E-state index in [-0.39, 0.29) is 12.7 Å². The van der Waals surface area contributed by atoms with Crippen LogP contribution >= 0.6 is 0 Å². The number of amides is 1. The van der Waals surface area contributed by atoms with Crippen LogP contribution in [0.1, 0.15) is 33.3 Å². The first-order valence-electron chi connectivity index (χ1n) is 8.22. The summed E-state index contributed by atoms with van der Waals surface area (Å²) in [4.78, 5) is 12.2. The summed E-state index contributed by atoms with van der Waals surface area (Å²) in [6, 6.07) is 13.5. The number of nitrogens with zero attached hydrogens (tertiary/aromatic N) is 2. The highest BCUT2D eigenvalue weighted by atomic mass is 16.7. The lowest BCUT2D eigenvalue weighted by atomic mass is 10.1. The maximum Gasteiger partial charge on any atom is 0.309 e. The Kier molecular flexibility index (Phi) is 4.27. The number of nitrogens with one attached hydrogen (secondary N) is 1. The van der Waals surface area contributed by atoms with Crippen molar-refractivity contribution in [3.63, 3.8) is 0 Å². The highest BCUT2D eigenvalue weighted by molar-refractivity contribution is 5.89. The van der Waals surface area contributed by atoms with Crippen molar-refractivity contribution < 1.29 is 18.7 Å². The standard InChI is InChI=1S/C19H17N3O4/c1-12-2-4-13(5-3-12)9-17-21-22-19(26-17)18(23)20-10-14-6-7-15-16(8-14)25-11-24-15/h2-8H,9-11H2,1H3,(H,20,23). The van der Waals surface area contributed by atoms with Gasteiger partial charge in [0, 0.05) is 6.54 Å². The van der Waals surface area contributed by atoms with Gasteiger partial charge < -0.3 is 19.2 Å². The molecule has 1 aliphatic heterocycles. The Balaban J connectivity index is 1.36. The Bertz CT molecular complexity index is 934. The summed E-state index contributed by atoms with van der Waals surface area (Å²) in [5.74, 6) is 1.33. The molecule has 2 heterocycles. The quantitative estimate of drug-likeness (QED) is 0.760. The van der Waals surface area contributed by atoms with Gasteiger partial charge in [-0.3, -0.25) is 4.79 Å². The number of carbonyl (C=O) groups is 1. The van der Waals surface area contributed by atoms with Crippen molar-refractivity contribution in [2.24, 2.45) is 0 Å². The molecule has 1 aliphatic rings. The zero-order valence-corrected chi connectivity index (χ0v) is 14.2. The summed E-state index contributed by atoms with van der Waals surface area (Å²) < 4.78 is 16.0. The largest absolute Gasteiger partial charge is 0.454 e. The van der Waals surface area contributed by atoms with Gasteiger partial charge >= 0.3 is 11.8 Å². The fourth-order valence-electron chi connectivity index (χ4n) is 2.61. The van der Waals surface area contributed by atoms with E-state index < -0.39 is 5.91 Å². The summed E-state index contributed by atoms with van der Waals surface area (Å²) in [6.45, 7) is 2.57. The molecule has 0 aliphatic carbocycles. The summed E-state index contributed by atoms with van der Waals surface area (Å²) in [5.41, 5.74) is 3.12.